The summed E-state index contributed by atoms with van der Waals surface area (Å²) in [6.45, 7) is 0.766. The number of hydrogen-bond acceptors (Lipinski definition) is 4. The van der Waals surface area contributed by atoms with Crippen LogP contribution in [0, 0.1) is 0 Å². The third-order valence-corrected chi connectivity index (χ3v) is 5.43. The normalized spacial score (nSPS) is 20.5. The molecular formula is C13H17F3N2O3S. The highest BCUT2D eigenvalue weighted by Gasteiger charge is 2.34. The molecule has 5 nitrogen and oxygen atoms in total. The summed E-state index contributed by atoms with van der Waals surface area (Å²) in [7, 11) is 0.0623. The summed E-state index contributed by atoms with van der Waals surface area (Å²) in [6.07, 6.45) is -4.07. The van der Waals surface area contributed by atoms with E-state index in [0.717, 1.165) is 30.7 Å². The molecule has 0 aromatic heterocycles. The lowest BCUT2D eigenvalue weighted by Gasteiger charge is -2.20. The van der Waals surface area contributed by atoms with Crippen molar-refractivity contribution in [1.82, 2.24) is 9.21 Å². The van der Waals surface area contributed by atoms with E-state index in [1.54, 1.807) is 0 Å². The van der Waals surface area contributed by atoms with Crippen molar-refractivity contribution in [2.75, 3.05) is 27.2 Å². The molecule has 1 fully saturated rings. The SMILES string of the molecule is CN(C)C1CCN(S(=O)(=O)c2ccc(OC(F)(F)F)cc2)C1. The summed E-state index contributed by atoms with van der Waals surface area (Å²) in [5, 5.41) is 0. The summed E-state index contributed by atoms with van der Waals surface area (Å²) in [5.74, 6) is -0.445. The van der Waals surface area contributed by atoms with Crippen LogP contribution in [0.3, 0.4) is 0 Å². The molecule has 22 heavy (non-hydrogen) atoms. The van der Waals surface area contributed by atoms with Crippen LogP contribution in [0.25, 0.3) is 0 Å². The average Bonchev–Trinajstić information content (AvgIpc) is 2.87. The number of halogens is 3. The van der Waals surface area contributed by atoms with Gasteiger partial charge in [0.2, 0.25) is 10.0 Å². The third kappa shape index (κ3) is 3.90. The molecule has 0 N–H and O–H groups in total. The first-order valence-electron chi connectivity index (χ1n) is 6.62. The molecule has 0 radical (unpaired) electrons. The highest BCUT2D eigenvalue weighted by molar-refractivity contribution is 7.89. The fourth-order valence-electron chi connectivity index (χ4n) is 2.31. The molecule has 0 amide bonds. The molecule has 0 aliphatic carbocycles. The monoisotopic (exact) mass is 338 g/mol. The van der Waals surface area contributed by atoms with Gasteiger partial charge in [-0.25, -0.2) is 8.42 Å². The second kappa shape index (κ2) is 6.05. The molecule has 1 saturated heterocycles. The van der Waals surface area contributed by atoms with E-state index in [2.05, 4.69) is 4.74 Å². The van der Waals surface area contributed by atoms with Crippen LogP contribution >= 0.6 is 0 Å². The number of likely N-dealkylation sites (N-methyl/N-ethyl adjacent to an activating group) is 1. The smallest absolute Gasteiger partial charge is 0.406 e. The van der Waals surface area contributed by atoms with Gasteiger partial charge in [0.1, 0.15) is 5.75 Å². The van der Waals surface area contributed by atoms with Crippen molar-refractivity contribution in [1.29, 1.82) is 0 Å². The molecule has 1 heterocycles. The fraction of sp³-hybridized carbons (Fsp3) is 0.538. The number of ether oxygens (including phenoxy) is 1. The van der Waals surface area contributed by atoms with Crippen molar-refractivity contribution in [3.63, 3.8) is 0 Å². The van der Waals surface area contributed by atoms with E-state index >= 15 is 0 Å². The van der Waals surface area contributed by atoms with Gasteiger partial charge in [-0.3, -0.25) is 0 Å². The summed E-state index contributed by atoms with van der Waals surface area (Å²) in [5.41, 5.74) is 0. The van der Waals surface area contributed by atoms with Crippen molar-refractivity contribution in [2.45, 2.75) is 23.7 Å². The van der Waals surface area contributed by atoms with E-state index in [4.69, 9.17) is 0 Å². The molecule has 1 aliphatic rings. The first kappa shape index (κ1) is 17.0. The molecule has 1 atom stereocenters. The molecule has 1 unspecified atom stereocenters. The second-order valence-corrected chi connectivity index (χ2v) is 7.23. The van der Waals surface area contributed by atoms with E-state index in [0.29, 0.717) is 13.1 Å². The van der Waals surface area contributed by atoms with Gasteiger partial charge in [0.25, 0.3) is 0 Å². The Morgan fingerprint density at radius 3 is 2.27 bits per heavy atom. The van der Waals surface area contributed by atoms with E-state index < -0.39 is 22.1 Å². The quantitative estimate of drug-likeness (QED) is 0.842. The number of rotatable bonds is 4. The van der Waals surface area contributed by atoms with Gasteiger partial charge in [0.15, 0.2) is 0 Å². The van der Waals surface area contributed by atoms with E-state index in [9.17, 15) is 21.6 Å². The van der Waals surface area contributed by atoms with Gasteiger partial charge < -0.3 is 9.64 Å². The number of nitrogens with zero attached hydrogens (tertiary/aromatic N) is 2. The first-order valence-corrected chi connectivity index (χ1v) is 8.06. The maximum atomic E-state index is 12.4. The average molecular weight is 338 g/mol. The van der Waals surface area contributed by atoms with Crippen LogP contribution in [-0.2, 0) is 10.0 Å². The molecule has 9 heteroatoms. The summed E-state index contributed by atoms with van der Waals surface area (Å²) < 4.78 is 66.2. The Hall–Kier alpha value is -1.32. The fourth-order valence-corrected chi connectivity index (χ4v) is 3.81. The van der Waals surface area contributed by atoms with Gasteiger partial charge in [-0.15, -0.1) is 13.2 Å². The lowest BCUT2D eigenvalue weighted by molar-refractivity contribution is -0.274. The summed E-state index contributed by atoms with van der Waals surface area (Å²) >= 11 is 0. The van der Waals surface area contributed by atoms with Crippen molar-refractivity contribution >= 4 is 10.0 Å². The van der Waals surface area contributed by atoms with Crippen molar-refractivity contribution in [2.24, 2.45) is 0 Å². The predicted molar refractivity (Wildman–Crippen MR) is 74.0 cm³/mol. The lowest BCUT2D eigenvalue weighted by Crippen LogP contribution is -2.34. The first-order chi connectivity index (χ1) is 10.1. The zero-order chi connectivity index (χ0) is 16.5. The highest BCUT2D eigenvalue weighted by Crippen LogP contribution is 2.27. The maximum absolute atomic E-state index is 12.4. The van der Waals surface area contributed by atoms with Crippen LogP contribution in [0.4, 0.5) is 13.2 Å². The molecule has 0 bridgehead atoms. The lowest BCUT2D eigenvalue weighted by atomic mass is 10.2. The van der Waals surface area contributed by atoms with Gasteiger partial charge in [0.05, 0.1) is 4.90 Å². The molecule has 1 aliphatic heterocycles. The van der Waals surface area contributed by atoms with Gasteiger partial charge in [-0.2, -0.15) is 4.31 Å². The minimum atomic E-state index is -4.80. The zero-order valence-corrected chi connectivity index (χ0v) is 13.0. The van der Waals surface area contributed by atoms with Crippen LogP contribution in [0.5, 0.6) is 5.75 Å². The Balaban J connectivity index is 2.14. The molecule has 0 saturated carbocycles. The predicted octanol–water partition coefficient (Wildman–Crippen LogP) is 1.91. The molecule has 1 aromatic rings. The van der Waals surface area contributed by atoms with E-state index in [1.807, 2.05) is 19.0 Å². The Bertz CT molecular complexity index is 614. The van der Waals surface area contributed by atoms with Gasteiger partial charge in [-0.1, -0.05) is 0 Å². The van der Waals surface area contributed by atoms with E-state index in [1.165, 1.54) is 4.31 Å². The molecule has 124 valence electrons. The minimum Gasteiger partial charge on any atom is -0.406 e. The van der Waals surface area contributed by atoms with E-state index in [-0.39, 0.29) is 10.9 Å². The minimum absolute atomic E-state index is 0.0403. The molecule has 2 rings (SSSR count). The topological polar surface area (TPSA) is 49.9 Å². The van der Waals surface area contributed by atoms with Crippen LogP contribution < -0.4 is 4.74 Å². The van der Waals surface area contributed by atoms with Crippen LogP contribution in [-0.4, -0.2) is 57.2 Å². The molecule has 0 spiro atoms. The highest BCUT2D eigenvalue weighted by atomic mass is 32.2. The van der Waals surface area contributed by atoms with Gasteiger partial charge in [0, 0.05) is 19.1 Å². The standard InChI is InChI=1S/C13H17F3N2O3S/c1-17(2)10-7-8-18(9-10)22(19,20)12-5-3-11(4-6-12)21-13(14,15)16/h3-6,10H,7-9H2,1-2H3. The van der Waals surface area contributed by atoms with Crippen molar-refractivity contribution < 1.29 is 26.3 Å². The summed E-state index contributed by atoms with van der Waals surface area (Å²) in [6, 6.07) is 4.39. The van der Waals surface area contributed by atoms with Gasteiger partial charge >= 0.3 is 6.36 Å². The number of hydrogen-bond donors (Lipinski definition) is 0. The van der Waals surface area contributed by atoms with Crippen molar-refractivity contribution in [3.05, 3.63) is 24.3 Å². The van der Waals surface area contributed by atoms with Gasteiger partial charge in [-0.05, 0) is 44.8 Å². The molecular weight excluding hydrogens is 321 g/mol. The second-order valence-electron chi connectivity index (χ2n) is 5.29. The Labute approximate surface area is 127 Å². The summed E-state index contributed by atoms with van der Waals surface area (Å²) in [4.78, 5) is 1.91. The zero-order valence-electron chi connectivity index (χ0n) is 12.2. The maximum Gasteiger partial charge on any atom is 0.573 e. The number of benzene rings is 1. The van der Waals surface area contributed by atoms with Crippen LogP contribution in [0.2, 0.25) is 0 Å². The third-order valence-electron chi connectivity index (χ3n) is 3.55. The van der Waals surface area contributed by atoms with Crippen LogP contribution in [0.1, 0.15) is 6.42 Å². The van der Waals surface area contributed by atoms with Crippen LogP contribution in [0.15, 0.2) is 29.2 Å². The Morgan fingerprint density at radius 2 is 1.82 bits per heavy atom. The Morgan fingerprint density at radius 1 is 1.23 bits per heavy atom. The Kier molecular flexibility index (Phi) is 4.69. The molecule has 1 aromatic carbocycles. The van der Waals surface area contributed by atoms with Crippen molar-refractivity contribution in [3.8, 4) is 5.75 Å². The largest absolute Gasteiger partial charge is 0.573 e. The number of sulfonamides is 1. The number of alkyl halides is 3.